The van der Waals surface area contributed by atoms with Crippen molar-refractivity contribution < 1.29 is 13.2 Å². The summed E-state index contributed by atoms with van der Waals surface area (Å²) in [5.74, 6) is -0.138. The van der Waals surface area contributed by atoms with Gasteiger partial charge >= 0.3 is 0 Å². The normalized spacial score (nSPS) is 14.4. The Morgan fingerprint density at radius 1 is 1.21 bits per heavy atom. The molecule has 0 radical (unpaired) electrons. The Bertz CT molecular complexity index is 1430. The second-order valence-corrected chi connectivity index (χ2v) is 13.2. The van der Waals surface area contributed by atoms with E-state index < -0.39 is 9.84 Å². The van der Waals surface area contributed by atoms with E-state index in [1.807, 2.05) is 37.4 Å². The van der Waals surface area contributed by atoms with Crippen molar-refractivity contribution in [2.45, 2.75) is 27.3 Å². The SMILES string of the molecule is C=C(NCCCN1CCOCC1)c1cccc(C)c1-c1cccc(S(=O)(=O)c2cc(C(=N)N)sc2SC)c1. The molecule has 2 aromatic carbocycles. The molecule has 4 N–H and O–H groups in total. The summed E-state index contributed by atoms with van der Waals surface area (Å²) < 4.78 is 33.4. The number of amidine groups is 1. The quantitative estimate of drug-likeness (QED) is 0.131. The third kappa shape index (κ3) is 6.32. The van der Waals surface area contributed by atoms with Crippen LogP contribution in [0.2, 0.25) is 0 Å². The molecule has 0 saturated carbocycles. The maximum Gasteiger partial charge on any atom is 0.208 e. The average Bonchev–Trinajstić information content (AvgIpc) is 3.38. The number of nitrogens with zero attached hydrogens (tertiary/aromatic N) is 1. The molecule has 1 fully saturated rings. The van der Waals surface area contributed by atoms with Crippen LogP contribution < -0.4 is 11.1 Å². The number of aryl methyl sites for hydroxylation is 1. The van der Waals surface area contributed by atoms with E-state index in [1.165, 1.54) is 29.2 Å². The molecule has 202 valence electrons. The molecule has 38 heavy (non-hydrogen) atoms. The Labute approximate surface area is 233 Å². The lowest BCUT2D eigenvalue weighted by Crippen LogP contribution is -2.37. The third-order valence-corrected chi connectivity index (χ3v) is 10.9. The highest BCUT2D eigenvalue weighted by Gasteiger charge is 2.25. The highest BCUT2D eigenvalue weighted by molar-refractivity contribution is 8.01. The van der Waals surface area contributed by atoms with E-state index in [-0.39, 0.29) is 15.6 Å². The first-order chi connectivity index (χ1) is 18.2. The van der Waals surface area contributed by atoms with Gasteiger partial charge in [0.1, 0.15) is 5.84 Å². The summed E-state index contributed by atoms with van der Waals surface area (Å²) in [4.78, 5) is 3.25. The van der Waals surface area contributed by atoms with Gasteiger partial charge in [-0.25, -0.2) is 8.42 Å². The molecule has 0 bridgehead atoms. The van der Waals surface area contributed by atoms with Crippen molar-refractivity contribution >= 4 is 44.5 Å². The van der Waals surface area contributed by atoms with Gasteiger partial charge in [-0.3, -0.25) is 10.3 Å². The zero-order valence-corrected chi connectivity index (χ0v) is 24.2. The van der Waals surface area contributed by atoms with Crippen molar-refractivity contribution in [3.05, 3.63) is 71.1 Å². The number of nitrogens with two attached hydrogens (primary N) is 1. The number of rotatable bonds is 11. The van der Waals surface area contributed by atoms with Crippen LogP contribution in [0.3, 0.4) is 0 Å². The number of ether oxygens (including phenoxy) is 1. The number of hydrogen-bond donors (Lipinski definition) is 3. The molecule has 1 aliphatic rings. The van der Waals surface area contributed by atoms with Gasteiger partial charge in [-0.15, -0.1) is 23.1 Å². The fraction of sp³-hybridized carbons (Fsp3) is 0.321. The van der Waals surface area contributed by atoms with Gasteiger partial charge in [0.2, 0.25) is 9.84 Å². The summed E-state index contributed by atoms with van der Waals surface area (Å²) in [7, 11) is -3.81. The fourth-order valence-electron chi connectivity index (χ4n) is 4.53. The van der Waals surface area contributed by atoms with E-state index in [2.05, 4.69) is 16.8 Å². The van der Waals surface area contributed by atoms with E-state index in [9.17, 15) is 8.42 Å². The number of nitrogens with one attached hydrogen (secondary N) is 2. The van der Waals surface area contributed by atoms with Gasteiger partial charge in [-0.2, -0.15) is 0 Å². The van der Waals surface area contributed by atoms with Crippen molar-refractivity contribution in [1.82, 2.24) is 10.2 Å². The van der Waals surface area contributed by atoms with Crippen LogP contribution in [0.25, 0.3) is 16.8 Å². The zero-order chi connectivity index (χ0) is 27.3. The van der Waals surface area contributed by atoms with Crippen LogP contribution in [0.5, 0.6) is 0 Å². The molecule has 0 aliphatic carbocycles. The molecule has 7 nitrogen and oxygen atoms in total. The molecular weight excluding hydrogens is 537 g/mol. The lowest BCUT2D eigenvalue weighted by atomic mass is 9.93. The summed E-state index contributed by atoms with van der Waals surface area (Å²) in [6.45, 7) is 11.7. The number of morpholine rings is 1. The van der Waals surface area contributed by atoms with Crippen LogP contribution in [0, 0.1) is 12.3 Å². The topological polar surface area (TPSA) is 109 Å². The van der Waals surface area contributed by atoms with E-state index in [0.29, 0.717) is 9.09 Å². The van der Waals surface area contributed by atoms with Crippen molar-refractivity contribution in [3.63, 3.8) is 0 Å². The average molecular weight is 571 g/mol. The Kier molecular flexibility index (Phi) is 9.32. The molecule has 4 rings (SSSR count). The van der Waals surface area contributed by atoms with Crippen LogP contribution in [0.1, 0.15) is 22.4 Å². The minimum atomic E-state index is -3.81. The predicted octanol–water partition coefficient (Wildman–Crippen LogP) is 4.84. The number of benzene rings is 2. The lowest BCUT2D eigenvalue weighted by Gasteiger charge is -2.26. The molecule has 0 amide bonds. The van der Waals surface area contributed by atoms with Crippen molar-refractivity contribution in [2.75, 3.05) is 45.6 Å². The second kappa shape index (κ2) is 12.5. The summed E-state index contributed by atoms with van der Waals surface area (Å²) >= 11 is 2.56. The standard InChI is InChI=1S/C28H34N4O3S3/c1-19-7-4-10-23(20(2)31-11-6-12-32-13-15-35-16-14-32)26(19)21-8-5-9-22(17-21)38(33,34)25-18-24(27(29)30)37-28(25)36-3/h4-5,7-10,17-18,31H,2,6,11-16H2,1,3H3,(H3,29,30). The van der Waals surface area contributed by atoms with Gasteiger partial charge in [0.05, 0.1) is 32.1 Å². The Morgan fingerprint density at radius 3 is 2.66 bits per heavy atom. The van der Waals surface area contributed by atoms with Gasteiger partial charge in [0.25, 0.3) is 0 Å². The molecule has 0 spiro atoms. The molecule has 1 aliphatic heterocycles. The van der Waals surface area contributed by atoms with Crippen LogP contribution in [0.4, 0.5) is 0 Å². The molecule has 1 saturated heterocycles. The fourth-order valence-corrected chi connectivity index (χ4v) is 8.43. The summed E-state index contributed by atoms with van der Waals surface area (Å²) in [6.07, 6.45) is 2.82. The monoisotopic (exact) mass is 570 g/mol. The smallest absolute Gasteiger partial charge is 0.208 e. The number of thiophene rings is 1. The second-order valence-electron chi connectivity index (χ2n) is 9.12. The first kappa shape index (κ1) is 28.4. The number of thioether (sulfide) groups is 1. The van der Waals surface area contributed by atoms with Gasteiger partial charge in [0.15, 0.2) is 0 Å². The molecule has 2 heterocycles. The van der Waals surface area contributed by atoms with Crippen molar-refractivity contribution in [3.8, 4) is 11.1 Å². The minimum Gasteiger partial charge on any atom is -0.385 e. The Morgan fingerprint density at radius 2 is 1.95 bits per heavy atom. The summed E-state index contributed by atoms with van der Waals surface area (Å²) in [5, 5.41) is 11.2. The molecule has 1 aromatic heterocycles. The van der Waals surface area contributed by atoms with Crippen LogP contribution in [-0.2, 0) is 14.6 Å². The van der Waals surface area contributed by atoms with Crippen molar-refractivity contribution in [2.24, 2.45) is 5.73 Å². The number of hydrogen-bond acceptors (Lipinski definition) is 8. The molecule has 10 heteroatoms. The minimum absolute atomic E-state index is 0.138. The largest absolute Gasteiger partial charge is 0.385 e. The maximum absolute atomic E-state index is 13.7. The molecular formula is C28H34N4O3S3. The van der Waals surface area contributed by atoms with Crippen molar-refractivity contribution in [1.29, 1.82) is 5.41 Å². The first-order valence-corrected chi connectivity index (χ1v) is 16.0. The van der Waals surface area contributed by atoms with Gasteiger partial charge in [-0.1, -0.05) is 36.9 Å². The molecule has 0 unspecified atom stereocenters. The van der Waals surface area contributed by atoms with Crippen LogP contribution in [-0.4, -0.2) is 64.8 Å². The van der Waals surface area contributed by atoms with Gasteiger partial charge in [-0.05, 0) is 61.0 Å². The lowest BCUT2D eigenvalue weighted by molar-refractivity contribution is 0.0376. The predicted molar refractivity (Wildman–Crippen MR) is 158 cm³/mol. The summed E-state index contributed by atoms with van der Waals surface area (Å²) in [6, 6.07) is 14.6. The highest BCUT2D eigenvalue weighted by atomic mass is 32.2. The van der Waals surface area contributed by atoms with Crippen LogP contribution in [0.15, 0.2) is 69.1 Å². The summed E-state index contributed by atoms with van der Waals surface area (Å²) in [5.41, 5.74) is 10.2. The van der Waals surface area contributed by atoms with Crippen LogP contribution >= 0.6 is 23.1 Å². The Balaban J connectivity index is 1.59. The molecule has 0 atom stereocenters. The van der Waals surface area contributed by atoms with E-state index in [0.717, 1.165) is 73.8 Å². The maximum atomic E-state index is 13.7. The first-order valence-electron chi connectivity index (χ1n) is 12.4. The highest BCUT2D eigenvalue weighted by Crippen LogP contribution is 2.38. The molecule has 3 aromatic rings. The number of nitrogen functional groups attached to an aromatic ring is 1. The van der Waals surface area contributed by atoms with E-state index in [4.69, 9.17) is 15.9 Å². The van der Waals surface area contributed by atoms with Gasteiger partial charge in [0, 0.05) is 30.9 Å². The number of sulfone groups is 1. The van der Waals surface area contributed by atoms with E-state index in [1.54, 1.807) is 18.2 Å². The van der Waals surface area contributed by atoms with E-state index >= 15 is 0 Å². The zero-order valence-electron chi connectivity index (χ0n) is 21.7. The van der Waals surface area contributed by atoms with Gasteiger partial charge < -0.3 is 15.8 Å². The third-order valence-electron chi connectivity index (χ3n) is 6.53. The Hall–Kier alpha value is -2.63.